The predicted octanol–water partition coefficient (Wildman–Crippen LogP) is 2.28. The van der Waals surface area contributed by atoms with Gasteiger partial charge in [-0.1, -0.05) is 0 Å². The molecule has 0 saturated carbocycles. The van der Waals surface area contributed by atoms with Crippen LogP contribution in [0, 0.1) is 26.6 Å². The predicted molar refractivity (Wildman–Crippen MR) is 73.2 cm³/mol. The quantitative estimate of drug-likeness (QED) is 0.816. The van der Waals surface area contributed by atoms with E-state index in [2.05, 4.69) is 5.10 Å². The van der Waals surface area contributed by atoms with Crippen LogP contribution in [-0.4, -0.2) is 24.5 Å². The maximum atomic E-state index is 14.1. The van der Waals surface area contributed by atoms with Crippen molar-refractivity contribution in [2.45, 2.75) is 20.8 Å². The average molecular weight is 298 g/mol. The molecule has 0 amide bonds. The van der Waals surface area contributed by atoms with Crippen molar-refractivity contribution < 1.29 is 17.0 Å². The molecule has 0 aliphatic heterocycles. The Hall–Kier alpha value is -1.89. The average Bonchev–Trinajstić information content (AvgIpc) is 2.60. The van der Waals surface area contributed by atoms with Crippen molar-refractivity contribution in [3.63, 3.8) is 0 Å². The first kappa shape index (κ1) is 14.5. The molecule has 0 radical (unpaired) electrons. The fourth-order valence-electron chi connectivity index (χ4n) is 1.93. The Morgan fingerprint density at radius 1 is 1.20 bits per heavy atom. The van der Waals surface area contributed by atoms with Gasteiger partial charge in [-0.3, -0.25) is 0 Å². The zero-order chi connectivity index (χ0) is 15.1. The van der Waals surface area contributed by atoms with Crippen molar-refractivity contribution >= 4 is 10.1 Å². The summed E-state index contributed by atoms with van der Waals surface area (Å²) in [4.78, 5) is 0. The molecule has 0 bridgehead atoms. The van der Waals surface area contributed by atoms with E-state index < -0.39 is 15.9 Å². The van der Waals surface area contributed by atoms with Crippen LogP contribution in [0.25, 0.3) is 5.69 Å². The normalized spacial score (nSPS) is 11.7. The minimum atomic E-state index is -3.67. The van der Waals surface area contributed by atoms with Gasteiger partial charge in [0.15, 0.2) is 0 Å². The summed E-state index contributed by atoms with van der Waals surface area (Å²) in [7, 11) is -3.67. The highest BCUT2D eigenvalue weighted by molar-refractivity contribution is 7.86. The first-order valence-electron chi connectivity index (χ1n) is 5.90. The maximum absolute atomic E-state index is 14.1. The molecule has 20 heavy (non-hydrogen) atoms. The zero-order valence-corrected chi connectivity index (χ0v) is 12.5. The van der Waals surface area contributed by atoms with Gasteiger partial charge in [0, 0.05) is 11.8 Å². The lowest BCUT2D eigenvalue weighted by Crippen LogP contribution is -2.09. The van der Waals surface area contributed by atoms with Crippen LogP contribution in [0.3, 0.4) is 0 Å². The molecule has 0 saturated heterocycles. The van der Waals surface area contributed by atoms with Gasteiger partial charge in [0.25, 0.3) is 0 Å². The molecule has 0 aliphatic rings. The van der Waals surface area contributed by atoms with Crippen molar-refractivity contribution in [3.8, 4) is 11.4 Å². The Morgan fingerprint density at radius 2 is 1.85 bits per heavy atom. The lowest BCUT2D eigenvalue weighted by Gasteiger charge is -2.11. The molecule has 2 aromatic rings. The number of aromatic nitrogens is 2. The van der Waals surface area contributed by atoms with Gasteiger partial charge in [-0.05, 0) is 38.5 Å². The minimum absolute atomic E-state index is 0.0939. The molecule has 2 rings (SSSR count). The Kier molecular flexibility index (Phi) is 3.56. The molecule has 1 heterocycles. The Bertz CT molecular complexity index is 766. The van der Waals surface area contributed by atoms with Crippen LogP contribution in [-0.2, 0) is 10.1 Å². The van der Waals surface area contributed by atoms with Crippen LogP contribution in [0.1, 0.15) is 17.0 Å². The Balaban J connectivity index is 2.60. The number of hydrogen-bond donors (Lipinski definition) is 0. The third-order valence-corrected chi connectivity index (χ3v) is 3.21. The van der Waals surface area contributed by atoms with Crippen molar-refractivity contribution in [3.05, 3.63) is 41.0 Å². The number of rotatable bonds is 3. The molecule has 7 heteroatoms. The highest BCUT2D eigenvalue weighted by Gasteiger charge is 2.15. The number of benzene rings is 1. The summed E-state index contributed by atoms with van der Waals surface area (Å²) in [6.45, 7) is 5.16. The van der Waals surface area contributed by atoms with Crippen LogP contribution < -0.4 is 4.18 Å². The van der Waals surface area contributed by atoms with Gasteiger partial charge in [0.1, 0.15) is 17.3 Å². The number of aryl methyl sites for hydroxylation is 3. The molecule has 108 valence electrons. The Labute approximate surface area is 117 Å². The van der Waals surface area contributed by atoms with Crippen molar-refractivity contribution in [1.82, 2.24) is 9.78 Å². The van der Waals surface area contributed by atoms with Crippen LogP contribution >= 0.6 is 0 Å². The molecule has 0 fully saturated rings. The van der Waals surface area contributed by atoms with E-state index in [1.165, 1.54) is 16.8 Å². The summed E-state index contributed by atoms with van der Waals surface area (Å²) in [6, 6.07) is 4.37. The van der Waals surface area contributed by atoms with E-state index in [1.807, 2.05) is 0 Å². The van der Waals surface area contributed by atoms with Gasteiger partial charge in [-0.2, -0.15) is 13.5 Å². The van der Waals surface area contributed by atoms with Crippen LogP contribution in [0.4, 0.5) is 4.39 Å². The fourth-order valence-corrected chi connectivity index (χ4v) is 2.44. The fraction of sp³-hybridized carbons (Fsp3) is 0.308. The standard InChI is InChI=1S/C13H15FN2O3S/c1-8-5-11(14)12(7-13(8)19-20(4,17)18)16-10(3)6-9(2)15-16/h5-7H,1-4H3. The molecule has 0 N–H and O–H groups in total. The zero-order valence-electron chi connectivity index (χ0n) is 11.6. The molecular formula is C13H15FN2O3S. The molecule has 5 nitrogen and oxygen atoms in total. The molecule has 0 unspecified atom stereocenters. The van der Waals surface area contributed by atoms with E-state index >= 15 is 0 Å². The molecule has 0 atom stereocenters. The highest BCUT2D eigenvalue weighted by Crippen LogP contribution is 2.26. The van der Waals surface area contributed by atoms with Crippen molar-refractivity contribution in [2.24, 2.45) is 0 Å². The topological polar surface area (TPSA) is 61.2 Å². The molecule has 1 aromatic heterocycles. The maximum Gasteiger partial charge on any atom is 0.306 e. The Morgan fingerprint density at radius 3 is 2.35 bits per heavy atom. The molecular weight excluding hydrogens is 283 g/mol. The molecule has 1 aromatic carbocycles. The lowest BCUT2D eigenvalue weighted by molar-refractivity contribution is 0.489. The smallest absolute Gasteiger partial charge is 0.306 e. The summed E-state index contributed by atoms with van der Waals surface area (Å²) in [5.41, 5.74) is 2.04. The third kappa shape index (κ3) is 2.98. The highest BCUT2D eigenvalue weighted by atomic mass is 32.2. The number of nitrogens with zero attached hydrogens (tertiary/aromatic N) is 2. The minimum Gasteiger partial charge on any atom is -0.382 e. The van der Waals surface area contributed by atoms with E-state index in [-0.39, 0.29) is 11.4 Å². The summed E-state index contributed by atoms with van der Waals surface area (Å²) >= 11 is 0. The van der Waals surface area contributed by atoms with E-state index in [0.717, 1.165) is 17.6 Å². The van der Waals surface area contributed by atoms with Crippen LogP contribution in [0.15, 0.2) is 18.2 Å². The monoisotopic (exact) mass is 298 g/mol. The summed E-state index contributed by atoms with van der Waals surface area (Å²) in [5, 5.41) is 4.18. The van der Waals surface area contributed by atoms with Gasteiger partial charge < -0.3 is 4.18 Å². The first-order valence-corrected chi connectivity index (χ1v) is 7.72. The van der Waals surface area contributed by atoms with Crippen LogP contribution in [0.5, 0.6) is 5.75 Å². The number of hydrogen-bond acceptors (Lipinski definition) is 4. The SMILES string of the molecule is Cc1cc(C)n(-c2cc(OS(C)(=O)=O)c(C)cc2F)n1. The summed E-state index contributed by atoms with van der Waals surface area (Å²) in [6.07, 6.45) is 0.943. The van der Waals surface area contributed by atoms with E-state index in [4.69, 9.17) is 4.18 Å². The van der Waals surface area contributed by atoms with E-state index in [0.29, 0.717) is 5.56 Å². The molecule has 0 spiro atoms. The van der Waals surface area contributed by atoms with Crippen molar-refractivity contribution in [1.29, 1.82) is 0 Å². The third-order valence-electron chi connectivity index (χ3n) is 2.72. The second-order valence-electron chi connectivity index (χ2n) is 4.70. The second kappa shape index (κ2) is 4.90. The van der Waals surface area contributed by atoms with E-state index in [1.54, 1.807) is 26.8 Å². The van der Waals surface area contributed by atoms with Gasteiger partial charge in [0.05, 0.1) is 11.9 Å². The van der Waals surface area contributed by atoms with E-state index in [9.17, 15) is 12.8 Å². The summed E-state index contributed by atoms with van der Waals surface area (Å²) < 4.78 is 42.8. The van der Waals surface area contributed by atoms with Crippen molar-refractivity contribution in [2.75, 3.05) is 6.26 Å². The number of halogens is 1. The van der Waals surface area contributed by atoms with Gasteiger partial charge in [0.2, 0.25) is 0 Å². The van der Waals surface area contributed by atoms with Gasteiger partial charge >= 0.3 is 10.1 Å². The van der Waals surface area contributed by atoms with Gasteiger partial charge in [-0.25, -0.2) is 9.07 Å². The summed E-state index contributed by atoms with van der Waals surface area (Å²) in [5.74, 6) is -0.397. The van der Waals surface area contributed by atoms with Crippen LogP contribution in [0.2, 0.25) is 0 Å². The largest absolute Gasteiger partial charge is 0.382 e. The first-order chi connectivity index (χ1) is 9.17. The lowest BCUT2D eigenvalue weighted by atomic mass is 10.2. The molecule has 0 aliphatic carbocycles. The van der Waals surface area contributed by atoms with Gasteiger partial charge in [-0.15, -0.1) is 0 Å². The second-order valence-corrected chi connectivity index (χ2v) is 6.27.